The van der Waals surface area contributed by atoms with Gasteiger partial charge >= 0.3 is 0 Å². The fourth-order valence-corrected chi connectivity index (χ4v) is 2.16. The zero-order valence-electron chi connectivity index (χ0n) is 8.69. The summed E-state index contributed by atoms with van der Waals surface area (Å²) < 4.78 is 0. The molecule has 0 aliphatic carbocycles. The fourth-order valence-electron chi connectivity index (χ4n) is 1.76. The number of hydrogen-bond donors (Lipinski definition) is 1. The van der Waals surface area contributed by atoms with Gasteiger partial charge in [0, 0.05) is 30.1 Å². The van der Waals surface area contributed by atoms with Crippen molar-refractivity contribution in [2.75, 3.05) is 24.3 Å². The van der Waals surface area contributed by atoms with Crippen molar-refractivity contribution in [3.05, 3.63) is 29.3 Å². The van der Waals surface area contributed by atoms with E-state index in [0.29, 0.717) is 5.69 Å². The SMILES string of the molecule is CSCCN1Cc2ccc(N)cc2C1=O. The summed E-state index contributed by atoms with van der Waals surface area (Å²) in [5, 5.41) is 0. The predicted molar refractivity (Wildman–Crippen MR) is 64.0 cm³/mol. The third-order valence-corrected chi connectivity index (χ3v) is 3.17. The molecule has 1 aliphatic heterocycles. The van der Waals surface area contributed by atoms with Gasteiger partial charge in [-0.15, -0.1) is 0 Å². The topological polar surface area (TPSA) is 46.3 Å². The molecule has 1 amide bonds. The number of fused-ring (bicyclic) bond motifs is 1. The molecule has 80 valence electrons. The molecular weight excluding hydrogens is 208 g/mol. The quantitative estimate of drug-likeness (QED) is 0.790. The van der Waals surface area contributed by atoms with E-state index in [1.54, 1.807) is 17.8 Å². The third kappa shape index (κ3) is 1.95. The molecule has 0 radical (unpaired) electrons. The largest absolute Gasteiger partial charge is 0.399 e. The van der Waals surface area contributed by atoms with Crippen LogP contribution in [0.25, 0.3) is 0 Å². The Morgan fingerprint density at radius 3 is 3.07 bits per heavy atom. The Morgan fingerprint density at radius 2 is 2.33 bits per heavy atom. The first-order valence-corrected chi connectivity index (χ1v) is 6.28. The Morgan fingerprint density at radius 1 is 1.53 bits per heavy atom. The highest BCUT2D eigenvalue weighted by Crippen LogP contribution is 2.24. The number of rotatable bonds is 3. The van der Waals surface area contributed by atoms with Gasteiger partial charge < -0.3 is 10.6 Å². The summed E-state index contributed by atoms with van der Waals surface area (Å²) >= 11 is 1.75. The predicted octanol–water partition coefficient (Wildman–Crippen LogP) is 1.59. The summed E-state index contributed by atoms with van der Waals surface area (Å²) in [6, 6.07) is 5.57. The molecule has 4 heteroatoms. The molecule has 0 spiro atoms. The number of hydrogen-bond acceptors (Lipinski definition) is 3. The molecule has 0 bridgehead atoms. The zero-order valence-corrected chi connectivity index (χ0v) is 9.51. The third-order valence-electron chi connectivity index (χ3n) is 2.58. The van der Waals surface area contributed by atoms with E-state index in [4.69, 9.17) is 5.73 Å². The van der Waals surface area contributed by atoms with Crippen molar-refractivity contribution in [2.24, 2.45) is 0 Å². The summed E-state index contributed by atoms with van der Waals surface area (Å²) in [7, 11) is 0. The van der Waals surface area contributed by atoms with Crippen molar-refractivity contribution in [1.82, 2.24) is 4.90 Å². The Bertz CT molecular complexity index is 392. The van der Waals surface area contributed by atoms with Gasteiger partial charge in [0.1, 0.15) is 0 Å². The second kappa shape index (κ2) is 4.14. The lowest BCUT2D eigenvalue weighted by Gasteiger charge is -2.13. The highest BCUT2D eigenvalue weighted by Gasteiger charge is 2.26. The molecule has 3 nitrogen and oxygen atoms in total. The number of carbonyl (C=O) groups is 1. The molecule has 0 fully saturated rings. The van der Waals surface area contributed by atoms with E-state index in [-0.39, 0.29) is 5.91 Å². The molecule has 0 atom stereocenters. The molecular formula is C11H14N2OS. The number of nitrogens with zero attached hydrogens (tertiary/aromatic N) is 1. The lowest BCUT2D eigenvalue weighted by Crippen LogP contribution is -2.26. The van der Waals surface area contributed by atoms with Gasteiger partial charge in [-0.25, -0.2) is 0 Å². The van der Waals surface area contributed by atoms with E-state index in [0.717, 1.165) is 30.0 Å². The molecule has 0 saturated heterocycles. The van der Waals surface area contributed by atoms with Crippen molar-refractivity contribution >= 4 is 23.4 Å². The van der Waals surface area contributed by atoms with Gasteiger partial charge in [-0.3, -0.25) is 4.79 Å². The van der Waals surface area contributed by atoms with Crippen LogP contribution in [0.2, 0.25) is 0 Å². The van der Waals surface area contributed by atoms with Crippen molar-refractivity contribution in [3.63, 3.8) is 0 Å². The summed E-state index contributed by atoms with van der Waals surface area (Å²) in [6.45, 7) is 1.55. The summed E-state index contributed by atoms with van der Waals surface area (Å²) in [6.07, 6.45) is 2.05. The fraction of sp³-hybridized carbons (Fsp3) is 0.364. The van der Waals surface area contributed by atoms with Crippen molar-refractivity contribution in [3.8, 4) is 0 Å². The zero-order chi connectivity index (χ0) is 10.8. The molecule has 15 heavy (non-hydrogen) atoms. The molecule has 1 heterocycles. The highest BCUT2D eigenvalue weighted by atomic mass is 32.2. The summed E-state index contributed by atoms with van der Waals surface area (Å²) in [4.78, 5) is 13.8. The van der Waals surface area contributed by atoms with Crippen LogP contribution in [0.4, 0.5) is 5.69 Å². The van der Waals surface area contributed by atoms with E-state index in [9.17, 15) is 4.79 Å². The van der Waals surface area contributed by atoms with Crippen LogP contribution in [-0.4, -0.2) is 29.4 Å². The minimum Gasteiger partial charge on any atom is -0.399 e. The van der Waals surface area contributed by atoms with Crippen LogP contribution in [0.15, 0.2) is 18.2 Å². The molecule has 2 rings (SSSR count). The van der Waals surface area contributed by atoms with Crippen LogP contribution < -0.4 is 5.73 Å². The number of anilines is 1. The van der Waals surface area contributed by atoms with Gasteiger partial charge in [-0.1, -0.05) is 6.07 Å². The van der Waals surface area contributed by atoms with E-state index in [2.05, 4.69) is 0 Å². The normalized spacial score (nSPS) is 14.5. The number of nitrogens with two attached hydrogens (primary N) is 1. The highest BCUT2D eigenvalue weighted by molar-refractivity contribution is 7.98. The minimum atomic E-state index is 0.117. The maximum absolute atomic E-state index is 11.9. The maximum atomic E-state index is 11.9. The Hall–Kier alpha value is -1.16. The number of amides is 1. The average molecular weight is 222 g/mol. The van der Waals surface area contributed by atoms with E-state index in [1.165, 1.54) is 0 Å². The van der Waals surface area contributed by atoms with Crippen LogP contribution in [0.5, 0.6) is 0 Å². The van der Waals surface area contributed by atoms with Gasteiger partial charge in [0.2, 0.25) is 0 Å². The van der Waals surface area contributed by atoms with Crippen molar-refractivity contribution in [2.45, 2.75) is 6.54 Å². The molecule has 0 aromatic heterocycles. The molecule has 2 N–H and O–H groups in total. The molecule has 1 aromatic rings. The van der Waals surface area contributed by atoms with Crippen LogP contribution in [0.1, 0.15) is 15.9 Å². The van der Waals surface area contributed by atoms with Crippen LogP contribution in [0, 0.1) is 0 Å². The van der Waals surface area contributed by atoms with E-state index < -0.39 is 0 Å². The Kier molecular flexibility index (Phi) is 2.86. The minimum absolute atomic E-state index is 0.117. The summed E-state index contributed by atoms with van der Waals surface area (Å²) in [5.41, 5.74) is 8.19. The van der Waals surface area contributed by atoms with Gasteiger partial charge in [-0.2, -0.15) is 11.8 Å². The van der Waals surface area contributed by atoms with Crippen LogP contribution >= 0.6 is 11.8 Å². The van der Waals surface area contributed by atoms with Crippen LogP contribution in [-0.2, 0) is 6.54 Å². The van der Waals surface area contributed by atoms with E-state index >= 15 is 0 Å². The lowest BCUT2D eigenvalue weighted by molar-refractivity contribution is 0.0788. The number of thioether (sulfide) groups is 1. The molecule has 0 saturated carbocycles. The number of benzene rings is 1. The average Bonchev–Trinajstić information content (AvgIpc) is 2.53. The maximum Gasteiger partial charge on any atom is 0.254 e. The van der Waals surface area contributed by atoms with Gasteiger partial charge in [0.05, 0.1) is 0 Å². The van der Waals surface area contributed by atoms with E-state index in [1.807, 2.05) is 23.3 Å². The van der Waals surface area contributed by atoms with Gasteiger partial charge in [0.15, 0.2) is 0 Å². The monoisotopic (exact) mass is 222 g/mol. The second-order valence-corrected chi connectivity index (χ2v) is 4.62. The summed E-state index contributed by atoms with van der Waals surface area (Å²) in [5.74, 6) is 1.10. The lowest BCUT2D eigenvalue weighted by atomic mass is 10.1. The first kappa shape index (κ1) is 10.4. The van der Waals surface area contributed by atoms with Gasteiger partial charge in [-0.05, 0) is 24.0 Å². The molecule has 1 aromatic carbocycles. The second-order valence-electron chi connectivity index (χ2n) is 3.64. The Labute approximate surface area is 93.6 Å². The molecule has 1 aliphatic rings. The van der Waals surface area contributed by atoms with Crippen molar-refractivity contribution < 1.29 is 4.79 Å². The smallest absolute Gasteiger partial charge is 0.254 e. The molecule has 0 unspecified atom stereocenters. The van der Waals surface area contributed by atoms with Crippen molar-refractivity contribution in [1.29, 1.82) is 0 Å². The number of carbonyl (C=O) groups excluding carboxylic acids is 1. The van der Waals surface area contributed by atoms with Crippen LogP contribution in [0.3, 0.4) is 0 Å². The Balaban J connectivity index is 2.18. The van der Waals surface area contributed by atoms with Gasteiger partial charge in [0.25, 0.3) is 5.91 Å². The number of nitrogen functional groups attached to an aromatic ring is 1. The first-order chi connectivity index (χ1) is 7.22. The first-order valence-electron chi connectivity index (χ1n) is 4.89. The standard InChI is InChI=1S/C11H14N2OS/c1-15-5-4-13-7-8-2-3-9(12)6-10(8)11(13)14/h2-3,6H,4-5,7,12H2,1H3.